The number of nitrogens with one attached hydrogen (secondary N) is 2. The second-order valence-corrected chi connectivity index (χ2v) is 8.27. The molecule has 0 saturated carbocycles. The largest absolute Gasteiger partial charge is 0.493 e. The summed E-state index contributed by atoms with van der Waals surface area (Å²) >= 11 is 1.53. The minimum Gasteiger partial charge on any atom is -0.493 e. The fourth-order valence-corrected chi connectivity index (χ4v) is 3.99. The highest BCUT2D eigenvalue weighted by Crippen LogP contribution is 2.27. The van der Waals surface area contributed by atoms with Crippen LogP contribution in [0.4, 0.5) is 5.69 Å². The molecule has 0 saturated heterocycles. The average molecular weight is 427 g/mol. The number of ether oxygens (including phenoxy) is 2. The fraction of sp³-hybridized carbons (Fsp3) is 0.304. The second-order valence-electron chi connectivity index (χ2n) is 7.32. The summed E-state index contributed by atoms with van der Waals surface area (Å²) in [5, 5.41) is 5.78. The Morgan fingerprint density at radius 2 is 1.80 bits per heavy atom. The van der Waals surface area contributed by atoms with Gasteiger partial charge in [-0.2, -0.15) is 0 Å². The molecule has 6 nitrogen and oxygen atoms in total. The van der Waals surface area contributed by atoms with Gasteiger partial charge in [-0.3, -0.25) is 4.79 Å². The molecule has 0 aliphatic carbocycles. The van der Waals surface area contributed by atoms with Gasteiger partial charge in [-0.25, -0.2) is 4.98 Å². The maximum atomic E-state index is 12.3. The molecule has 0 radical (unpaired) electrons. The number of benzene rings is 2. The quantitative estimate of drug-likeness (QED) is 0.552. The number of hydrogen-bond donors (Lipinski definition) is 2. The molecule has 158 valence electrons. The van der Waals surface area contributed by atoms with E-state index in [2.05, 4.69) is 17.3 Å². The third-order valence-corrected chi connectivity index (χ3v) is 5.58. The van der Waals surface area contributed by atoms with E-state index < -0.39 is 0 Å². The number of methoxy groups -OCH3 is 2. The predicted octanol–water partition coefficient (Wildman–Crippen LogP) is 2.86. The Bertz CT molecular complexity index is 986. The Labute approximate surface area is 181 Å². The number of carbonyl (C=O) groups is 1. The first-order valence-corrected chi connectivity index (χ1v) is 10.7. The van der Waals surface area contributed by atoms with Gasteiger partial charge in [0.1, 0.15) is 23.8 Å². The molecule has 1 atom stereocenters. The fourth-order valence-electron chi connectivity index (χ4n) is 3.20. The Balaban J connectivity index is 1.53. The number of aryl methyl sites for hydroxylation is 1. The van der Waals surface area contributed by atoms with Gasteiger partial charge >= 0.3 is 0 Å². The van der Waals surface area contributed by atoms with E-state index in [1.807, 2.05) is 54.8 Å². The topological polar surface area (TPSA) is 64.9 Å². The van der Waals surface area contributed by atoms with Crippen LogP contribution in [0, 0.1) is 6.92 Å². The maximum Gasteiger partial charge on any atom is 0.231 e. The van der Waals surface area contributed by atoms with Gasteiger partial charge in [0.2, 0.25) is 5.91 Å². The van der Waals surface area contributed by atoms with Crippen LogP contribution in [0.25, 0.3) is 0 Å². The zero-order valence-electron chi connectivity index (χ0n) is 17.8. The molecule has 7 heteroatoms. The highest BCUT2D eigenvalue weighted by atomic mass is 32.1. The van der Waals surface area contributed by atoms with Gasteiger partial charge in [-0.15, -0.1) is 11.3 Å². The van der Waals surface area contributed by atoms with Gasteiger partial charge in [0.05, 0.1) is 27.7 Å². The minimum atomic E-state index is -0.0502. The molecule has 30 heavy (non-hydrogen) atoms. The van der Waals surface area contributed by atoms with Gasteiger partial charge in [-0.05, 0) is 37.3 Å². The lowest BCUT2D eigenvalue weighted by molar-refractivity contribution is -0.908. The summed E-state index contributed by atoms with van der Waals surface area (Å²) in [5.41, 5.74) is 4.13. The lowest BCUT2D eigenvalue weighted by Crippen LogP contribution is -3.06. The minimum absolute atomic E-state index is 0.0502. The van der Waals surface area contributed by atoms with E-state index >= 15 is 0 Å². The molecule has 1 heterocycles. The van der Waals surface area contributed by atoms with Crippen LogP contribution in [0.1, 0.15) is 21.8 Å². The number of hydrogen-bond acceptors (Lipinski definition) is 5. The van der Waals surface area contributed by atoms with Gasteiger partial charge in [0.25, 0.3) is 0 Å². The van der Waals surface area contributed by atoms with Crippen molar-refractivity contribution >= 4 is 22.9 Å². The zero-order valence-corrected chi connectivity index (χ0v) is 18.6. The van der Waals surface area contributed by atoms with Crippen LogP contribution < -0.4 is 19.7 Å². The Morgan fingerprint density at radius 1 is 1.07 bits per heavy atom. The van der Waals surface area contributed by atoms with E-state index in [1.165, 1.54) is 16.2 Å². The molecule has 3 aromatic rings. The molecule has 2 aromatic carbocycles. The summed E-state index contributed by atoms with van der Waals surface area (Å²) in [5.74, 6) is 1.41. The van der Waals surface area contributed by atoms with Crippen LogP contribution in [0.15, 0.2) is 47.8 Å². The molecule has 1 unspecified atom stereocenters. The summed E-state index contributed by atoms with van der Waals surface area (Å²) in [7, 11) is 5.40. The van der Waals surface area contributed by atoms with Crippen molar-refractivity contribution in [1.82, 2.24) is 4.98 Å². The first kappa shape index (κ1) is 21.8. The highest BCUT2D eigenvalue weighted by Gasteiger charge is 2.13. The predicted molar refractivity (Wildman–Crippen MR) is 119 cm³/mol. The lowest BCUT2D eigenvalue weighted by atomic mass is 10.2. The van der Waals surface area contributed by atoms with Gasteiger partial charge in [-0.1, -0.05) is 17.7 Å². The highest BCUT2D eigenvalue weighted by molar-refractivity contribution is 7.09. The molecule has 1 aromatic heterocycles. The first-order valence-electron chi connectivity index (χ1n) is 9.79. The molecular formula is C23H28N3O3S+. The number of nitrogens with zero attached hydrogens (tertiary/aromatic N) is 1. The normalized spacial score (nSPS) is 11.7. The third kappa shape index (κ3) is 6.05. The number of quaternary nitrogens is 1. The number of carbonyl (C=O) groups excluding carboxylic acids is 1. The summed E-state index contributed by atoms with van der Waals surface area (Å²) in [4.78, 5) is 18.2. The van der Waals surface area contributed by atoms with Crippen LogP contribution in [0.2, 0.25) is 0 Å². The van der Waals surface area contributed by atoms with Crippen LogP contribution >= 0.6 is 11.3 Å². The van der Waals surface area contributed by atoms with Crippen molar-refractivity contribution < 1.29 is 19.2 Å². The van der Waals surface area contributed by atoms with Crippen molar-refractivity contribution in [2.45, 2.75) is 26.4 Å². The van der Waals surface area contributed by atoms with E-state index in [4.69, 9.17) is 9.47 Å². The Morgan fingerprint density at radius 3 is 2.50 bits per heavy atom. The van der Waals surface area contributed by atoms with Crippen LogP contribution in [-0.2, 0) is 24.3 Å². The monoisotopic (exact) mass is 426 g/mol. The van der Waals surface area contributed by atoms with Crippen molar-refractivity contribution in [1.29, 1.82) is 0 Å². The van der Waals surface area contributed by atoms with E-state index in [0.717, 1.165) is 52.1 Å². The Kier molecular flexibility index (Phi) is 7.43. The SMILES string of the molecule is COc1ccc(C[NH+](C)Cc2csc(CC(=O)Nc3ccc(C)cc3)n2)cc1OC. The second kappa shape index (κ2) is 10.2. The third-order valence-electron chi connectivity index (χ3n) is 4.68. The Hall–Kier alpha value is -2.90. The molecular weight excluding hydrogens is 398 g/mol. The molecule has 0 fully saturated rings. The van der Waals surface area contributed by atoms with Crippen LogP contribution in [0.5, 0.6) is 11.5 Å². The molecule has 3 rings (SSSR count). The van der Waals surface area contributed by atoms with Crippen molar-refractivity contribution in [2.24, 2.45) is 0 Å². The number of thiazole rings is 1. The van der Waals surface area contributed by atoms with Gasteiger partial charge < -0.3 is 19.7 Å². The first-order chi connectivity index (χ1) is 14.5. The van der Waals surface area contributed by atoms with Gasteiger partial charge in [0, 0.05) is 16.6 Å². The van der Waals surface area contributed by atoms with E-state index in [-0.39, 0.29) is 12.3 Å². The maximum absolute atomic E-state index is 12.3. The molecule has 1 amide bonds. The smallest absolute Gasteiger partial charge is 0.231 e. The van der Waals surface area contributed by atoms with Crippen molar-refractivity contribution in [3.05, 3.63) is 69.7 Å². The molecule has 0 aliphatic heterocycles. The number of aromatic nitrogens is 1. The van der Waals surface area contributed by atoms with Crippen LogP contribution in [-0.4, -0.2) is 32.2 Å². The summed E-state index contributed by atoms with van der Waals surface area (Å²) in [6, 6.07) is 13.8. The lowest BCUT2D eigenvalue weighted by Gasteiger charge is -2.14. The van der Waals surface area contributed by atoms with Crippen LogP contribution in [0.3, 0.4) is 0 Å². The van der Waals surface area contributed by atoms with E-state index in [1.54, 1.807) is 14.2 Å². The molecule has 0 bridgehead atoms. The molecule has 2 N–H and O–H groups in total. The van der Waals surface area contributed by atoms with Gasteiger partial charge in [0.15, 0.2) is 11.5 Å². The molecule has 0 aliphatic rings. The summed E-state index contributed by atoms with van der Waals surface area (Å²) in [6.45, 7) is 3.64. The summed E-state index contributed by atoms with van der Waals surface area (Å²) in [6.07, 6.45) is 0.285. The number of rotatable bonds is 9. The number of anilines is 1. The van der Waals surface area contributed by atoms with Crippen molar-refractivity contribution in [3.8, 4) is 11.5 Å². The molecule has 0 spiro atoms. The zero-order chi connectivity index (χ0) is 21.5. The summed E-state index contributed by atoms with van der Waals surface area (Å²) < 4.78 is 10.7. The standard InChI is InChI=1S/C23H27N3O3S/c1-16-5-8-18(9-6-16)24-22(27)12-23-25-19(15-30-23)14-26(2)13-17-7-10-20(28-3)21(11-17)29-4/h5-11,15H,12-14H2,1-4H3,(H,24,27)/p+1. The van der Waals surface area contributed by atoms with E-state index in [0.29, 0.717) is 0 Å². The van der Waals surface area contributed by atoms with Crippen molar-refractivity contribution in [3.63, 3.8) is 0 Å². The average Bonchev–Trinajstić information content (AvgIpc) is 3.15. The van der Waals surface area contributed by atoms with E-state index in [9.17, 15) is 4.79 Å². The van der Waals surface area contributed by atoms with Crippen molar-refractivity contribution in [2.75, 3.05) is 26.6 Å². The number of amides is 1.